The highest BCUT2D eigenvalue weighted by atomic mass is 16.4. The lowest BCUT2D eigenvalue weighted by Gasteiger charge is -2.30. The Hall–Kier alpha value is -1.70. The number of aromatic nitrogens is 2. The largest absolute Gasteiger partial charge is 0.421 e. The maximum atomic E-state index is 11.8. The van der Waals surface area contributed by atoms with Crippen molar-refractivity contribution < 1.29 is 14.6 Å². The quantitative estimate of drug-likeness (QED) is 0.742. The lowest BCUT2D eigenvalue weighted by atomic mass is 9.92. The van der Waals surface area contributed by atoms with Crippen LogP contribution in [0.2, 0.25) is 0 Å². The first-order valence-electron chi connectivity index (χ1n) is 6.84. The molecule has 2 aromatic heterocycles. The summed E-state index contributed by atoms with van der Waals surface area (Å²) in [6.45, 7) is 3.17. The highest BCUT2D eigenvalue weighted by molar-refractivity contribution is 5.67. The average Bonchev–Trinajstić information content (AvgIpc) is 2.80. The molecule has 0 fully saturated rings. The number of hydrogen-bond acceptors (Lipinski definition) is 6. The van der Waals surface area contributed by atoms with Gasteiger partial charge in [-0.2, -0.15) is 0 Å². The first-order valence-corrected chi connectivity index (χ1v) is 6.84. The number of rotatable bonds is 7. The minimum Gasteiger partial charge on any atom is -0.406 e. The van der Waals surface area contributed by atoms with Gasteiger partial charge in [-0.25, -0.2) is 9.78 Å². The third-order valence-electron chi connectivity index (χ3n) is 3.54. The van der Waals surface area contributed by atoms with Crippen LogP contribution in [0, 0.1) is 5.41 Å². The van der Waals surface area contributed by atoms with Gasteiger partial charge in [-0.3, -0.25) is 4.57 Å². The first kappa shape index (κ1) is 15.7. The predicted octanol–water partition coefficient (Wildman–Crippen LogP) is -0.0878. The van der Waals surface area contributed by atoms with E-state index in [0.29, 0.717) is 30.9 Å². The van der Waals surface area contributed by atoms with E-state index in [1.165, 1.54) is 4.57 Å². The molecule has 0 saturated carbocycles. The molecular weight excluding hydrogens is 274 g/mol. The summed E-state index contributed by atoms with van der Waals surface area (Å²) in [6.07, 6.45) is 1.62. The minimum absolute atomic E-state index is 0.0933. The van der Waals surface area contributed by atoms with Gasteiger partial charge in [-0.15, -0.1) is 0 Å². The number of aliphatic hydroxyl groups is 2. The van der Waals surface area contributed by atoms with Gasteiger partial charge in [0.25, 0.3) is 0 Å². The number of nitrogens with zero attached hydrogens (tertiary/aromatic N) is 3. The van der Waals surface area contributed by atoms with Crippen molar-refractivity contribution in [2.24, 2.45) is 5.41 Å². The Labute approximate surface area is 122 Å². The summed E-state index contributed by atoms with van der Waals surface area (Å²) in [7, 11) is 1.88. The molecule has 7 heteroatoms. The van der Waals surface area contributed by atoms with Crippen molar-refractivity contribution in [1.82, 2.24) is 14.5 Å². The standard InChI is InChI=1S/C14H21N3O4/c1-14(9-18,10-19)8-16(2)6-7-17-12-11(21-13(17)20)4-3-5-15-12/h3-5,18-19H,6-10H2,1-2H3. The van der Waals surface area contributed by atoms with E-state index in [1.54, 1.807) is 18.3 Å². The Morgan fingerprint density at radius 2 is 2.14 bits per heavy atom. The van der Waals surface area contributed by atoms with Crippen LogP contribution in [0.5, 0.6) is 0 Å². The summed E-state index contributed by atoms with van der Waals surface area (Å²) in [5.74, 6) is -0.427. The average molecular weight is 295 g/mol. The lowest BCUT2D eigenvalue weighted by molar-refractivity contribution is 0.0412. The second-order valence-electron chi connectivity index (χ2n) is 5.71. The Balaban J connectivity index is 2.05. The van der Waals surface area contributed by atoms with Crippen molar-refractivity contribution in [1.29, 1.82) is 0 Å². The van der Waals surface area contributed by atoms with Gasteiger partial charge in [0.1, 0.15) is 0 Å². The monoisotopic (exact) mass is 295 g/mol. The van der Waals surface area contributed by atoms with Crippen LogP contribution in [0.1, 0.15) is 6.92 Å². The van der Waals surface area contributed by atoms with Gasteiger partial charge in [0.05, 0.1) is 13.2 Å². The van der Waals surface area contributed by atoms with Crippen molar-refractivity contribution in [2.45, 2.75) is 13.5 Å². The molecule has 0 radical (unpaired) electrons. The van der Waals surface area contributed by atoms with Gasteiger partial charge < -0.3 is 19.5 Å². The van der Waals surface area contributed by atoms with Crippen LogP contribution in [0.3, 0.4) is 0 Å². The van der Waals surface area contributed by atoms with Crippen molar-refractivity contribution in [3.8, 4) is 0 Å². The number of likely N-dealkylation sites (N-methyl/N-ethyl adjacent to an activating group) is 1. The molecule has 0 unspecified atom stereocenters. The summed E-state index contributed by atoms with van der Waals surface area (Å²) in [5, 5.41) is 18.6. The maximum absolute atomic E-state index is 11.8. The fraction of sp³-hybridized carbons (Fsp3) is 0.571. The molecule has 21 heavy (non-hydrogen) atoms. The highest BCUT2D eigenvalue weighted by Crippen LogP contribution is 2.15. The molecule has 2 N–H and O–H groups in total. The molecule has 2 rings (SSSR count). The van der Waals surface area contributed by atoms with Crippen LogP contribution in [0.4, 0.5) is 0 Å². The van der Waals surface area contributed by atoms with E-state index in [0.717, 1.165) is 0 Å². The molecule has 2 aromatic rings. The number of aliphatic hydroxyl groups excluding tert-OH is 2. The van der Waals surface area contributed by atoms with Crippen LogP contribution in [-0.2, 0) is 6.54 Å². The maximum Gasteiger partial charge on any atom is 0.421 e. The molecule has 0 spiro atoms. The number of pyridine rings is 1. The topological polar surface area (TPSA) is 91.7 Å². The normalized spacial score (nSPS) is 12.4. The van der Waals surface area contributed by atoms with Crippen molar-refractivity contribution >= 4 is 11.2 Å². The highest BCUT2D eigenvalue weighted by Gasteiger charge is 2.24. The molecule has 0 amide bonds. The van der Waals surface area contributed by atoms with Gasteiger partial charge in [-0.05, 0) is 19.2 Å². The van der Waals surface area contributed by atoms with Crippen LogP contribution < -0.4 is 5.76 Å². The third-order valence-corrected chi connectivity index (χ3v) is 3.54. The Morgan fingerprint density at radius 1 is 1.43 bits per heavy atom. The van der Waals surface area contributed by atoms with E-state index in [1.807, 2.05) is 18.9 Å². The predicted molar refractivity (Wildman–Crippen MR) is 78.0 cm³/mol. The number of oxazole rings is 1. The minimum atomic E-state index is -0.559. The molecule has 116 valence electrons. The summed E-state index contributed by atoms with van der Waals surface area (Å²) >= 11 is 0. The molecule has 7 nitrogen and oxygen atoms in total. The molecule has 0 atom stereocenters. The van der Waals surface area contributed by atoms with E-state index < -0.39 is 11.2 Å². The third kappa shape index (κ3) is 3.49. The van der Waals surface area contributed by atoms with E-state index in [-0.39, 0.29) is 13.2 Å². The van der Waals surface area contributed by atoms with Gasteiger partial charge >= 0.3 is 5.76 Å². The van der Waals surface area contributed by atoms with E-state index in [4.69, 9.17) is 4.42 Å². The molecule has 0 aromatic carbocycles. The van der Waals surface area contributed by atoms with Gasteiger partial charge in [0.15, 0.2) is 11.2 Å². The molecule has 0 aliphatic rings. The zero-order valence-corrected chi connectivity index (χ0v) is 12.3. The van der Waals surface area contributed by atoms with E-state index in [2.05, 4.69) is 4.98 Å². The Bertz CT molecular complexity index is 645. The van der Waals surface area contributed by atoms with E-state index in [9.17, 15) is 15.0 Å². The van der Waals surface area contributed by atoms with Crippen molar-refractivity contribution in [3.63, 3.8) is 0 Å². The SMILES string of the molecule is CN(CCn1c(=O)oc2cccnc21)CC(C)(CO)CO. The summed E-state index contributed by atoms with van der Waals surface area (Å²) < 4.78 is 6.61. The van der Waals surface area contributed by atoms with Crippen molar-refractivity contribution in [3.05, 3.63) is 28.9 Å². The summed E-state index contributed by atoms with van der Waals surface area (Å²) in [4.78, 5) is 17.9. The Kier molecular flexibility index (Phi) is 4.76. The molecule has 0 aliphatic heterocycles. The fourth-order valence-electron chi connectivity index (χ4n) is 2.25. The summed E-state index contributed by atoms with van der Waals surface area (Å²) in [6, 6.07) is 3.42. The lowest BCUT2D eigenvalue weighted by Crippen LogP contribution is -2.40. The second-order valence-corrected chi connectivity index (χ2v) is 5.71. The van der Waals surface area contributed by atoms with Crippen LogP contribution in [0.25, 0.3) is 11.2 Å². The molecule has 0 bridgehead atoms. The Morgan fingerprint density at radius 3 is 2.81 bits per heavy atom. The number of hydrogen-bond donors (Lipinski definition) is 2. The molecule has 0 saturated heterocycles. The van der Waals surface area contributed by atoms with Crippen LogP contribution >= 0.6 is 0 Å². The van der Waals surface area contributed by atoms with Crippen molar-refractivity contribution in [2.75, 3.05) is 33.4 Å². The smallest absolute Gasteiger partial charge is 0.406 e. The summed E-state index contributed by atoms with van der Waals surface area (Å²) in [5.41, 5.74) is 0.444. The molecule has 2 heterocycles. The molecule has 0 aliphatic carbocycles. The van der Waals surface area contributed by atoms with Gasteiger partial charge in [0.2, 0.25) is 0 Å². The van der Waals surface area contributed by atoms with Crippen LogP contribution in [0.15, 0.2) is 27.5 Å². The fourth-order valence-corrected chi connectivity index (χ4v) is 2.25. The molecular formula is C14H21N3O4. The first-order chi connectivity index (χ1) is 9.99. The zero-order chi connectivity index (χ0) is 15.5. The van der Waals surface area contributed by atoms with Gasteiger partial charge in [0, 0.05) is 31.2 Å². The van der Waals surface area contributed by atoms with Crippen LogP contribution in [-0.4, -0.2) is 58.0 Å². The van der Waals surface area contributed by atoms with Gasteiger partial charge in [-0.1, -0.05) is 6.92 Å². The second kappa shape index (κ2) is 6.38. The zero-order valence-electron chi connectivity index (χ0n) is 12.3. The van der Waals surface area contributed by atoms with E-state index >= 15 is 0 Å². The number of fused-ring (bicyclic) bond motifs is 1.